The van der Waals surface area contributed by atoms with Crippen LogP contribution in [-0.2, 0) is 9.59 Å². The van der Waals surface area contributed by atoms with Gasteiger partial charge in [-0.05, 0) is 68.6 Å². The molecule has 2 N–H and O–H groups in total. The highest BCUT2D eigenvalue weighted by atomic mass is 19.4. The minimum Gasteiger partial charge on any atom is -0.273 e. The maximum atomic E-state index is 12.4. The molecule has 0 aromatic carbocycles. The van der Waals surface area contributed by atoms with Gasteiger partial charge in [0.25, 0.3) is 0 Å². The summed E-state index contributed by atoms with van der Waals surface area (Å²) in [5, 5.41) is 0. The molecule has 4 bridgehead atoms. The second-order valence-corrected chi connectivity index (χ2v) is 7.90. The molecule has 0 saturated heterocycles. The third kappa shape index (κ3) is 3.48. The summed E-state index contributed by atoms with van der Waals surface area (Å²) in [7, 11) is 0. The van der Waals surface area contributed by atoms with E-state index in [1.54, 1.807) is 0 Å². The molecule has 4 aliphatic carbocycles. The second-order valence-electron chi connectivity index (χ2n) is 7.90. The van der Waals surface area contributed by atoms with Crippen LogP contribution in [0.25, 0.3) is 0 Å². The van der Waals surface area contributed by atoms with E-state index in [2.05, 4.69) is 5.43 Å². The number of carbonyl (C=O) groups excluding carboxylic acids is 2. The third-order valence-electron chi connectivity index (χ3n) is 5.91. The minimum atomic E-state index is -4.60. The van der Waals surface area contributed by atoms with E-state index in [9.17, 15) is 22.8 Å². The Bertz CT molecular complexity index is 469. The molecule has 0 spiro atoms. The van der Waals surface area contributed by atoms with Crippen molar-refractivity contribution in [2.75, 3.05) is 0 Å². The topological polar surface area (TPSA) is 58.2 Å². The Balaban J connectivity index is 1.51. The van der Waals surface area contributed by atoms with Gasteiger partial charge in [0.05, 0.1) is 0 Å². The lowest BCUT2D eigenvalue weighted by Gasteiger charge is -2.56. The van der Waals surface area contributed by atoms with E-state index in [4.69, 9.17) is 0 Å². The molecule has 2 amide bonds. The van der Waals surface area contributed by atoms with Gasteiger partial charge in [-0.25, -0.2) is 0 Å². The number of amides is 2. The van der Waals surface area contributed by atoms with Crippen molar-refractivity contribution in [3.63, 3.8) is 0 Å². The molecule has 4 rings (SSSR count). The van der Waals surface area contributed by atoms with Gasteiger partial charge in [0.15, 0.2) is 0 Å². The van der Waals surface area contributed by atoms with Crippen molar-refractivity contribution >= 4 is 11.8 Å². The number of hydrogen-bond donors (Lipinski definition) is 2. The highest BCUT2D eigenvalue weighted by Gasteiger charge is 2.51. The molecule has 4 nitrogen and oxygen atoms in total. The van der Waals surface area contributed by atoms with E-state index in [-0.39, 0.29) is 11.3 Å². The van der Waals surface area contributed by atoms with Crippen molar-refractivity contribution in [1.29, 1.82) is 0 Å². The van der Waals surface area contributed by atoms with Crippen LogP contribution in [0.15, 0.2) is 0 Å². The first-order valence-corrected chi connectivity index (χ1v) is 8.32. The predicted molar refractivity (Wildman–Crippen MR) is 76.7 cm³/mol. The fourth-order valence-electron chi connectivity index (χ4n) is 5.28. The van der Waals surface area contributed by atoms with Crippen LogP contribution in [0, 0.1) is 29.1 Å². The van der Waals surface area contributed by atoms with Crippen LogP contribution in [0.1, 0.15) is 51.9 Å². The molecule has 23 heavy (non-hydrogen) atoms. The van der Waals surface area contributed by atoms with Crippen molar-refractivity contribution < 1.29 is 22.8 Å². The number of nitrogens with one attached hydrogen (secondary N) is 2. The van der Waals surface area contributed by atoms with Gasteiger partial charge in [-0.2, -0.15) is 13.2 Å². The predicted octanol–water partition coefficient (Wildman–Crippen LogP) is 2.94. The molecule has 7 heteroatoms. The molecule has 4 aliphatic rings. The van der Waals surface area contributed by atoms with Gasteiger partial charge in [0.1, 0.15) is 5.92 Å². The summed E-state index contributed by atoms with van der Waals surface area (Å²) in [6.45, 7) is 0.778. The molecule has 0 radical (unpaired) electrons. The molecule has 1 atom stereocenters. The Kier molecular flexibility index (Phi) is 4.09. The van der Waals surface area contributed by atoms with Gasteiger partial charge in [0, 0.05) is 6.42 Å². The van der Waals surface area contributed by atoms with Gasteiger partial charge in [0.2, 0.25) is 11.8 Å². The van der Waals surface area contributed by atoms with Crippen LogP contribution in [0.3, 0.4) is 0 Å². The van der Waals surface area contributed by atoms with Crippen LogP contribution in [0.2, 0.25) is 0 Å². The van der Waals surface area contributed by atoms with E-state index in [1.165, 1.54) is 19.3 Å². The van der Waals surface area contributed by atoms with E-state index >= 15 is 0 Å². The van der Waals surface area contributed by atoms with E-state index in [0.29, 0.717) is 24.2 Å². The number of hydrazine groups is 1. The van der Waals surface area contributed by atoms with Crippen molar-refractivity contribution in [1.82, 2.24) is 10.9 Å². The molecule has 0 heterocycles. The zero-order valence-corrected chi connectivity index (χ0v) is 13.2. The van der Waals surface area contributed by atoms with Crippen molar-refractivity contribution in [3.05, 3.63) is 0 Å². The Morgan fingerprint density at radius 3 is 1.96 bits per heavy atom. The SMILES string of the molecule is C[C@@H](C(=O)NNC(=O)CC12CC3CC(CC(C3)C1)C2)C(F)(F)F. The monoisotopic (exact) mass is 332 g/mol. The van der Waals surface area contributed by atoms with E-state index < -0.39 is 18.0 Å². The normalized spacial score (nSPS) is 36.6. The van der Waals surface area contributed by atoms with E-state index in [1.807, 2.05) is 5.43 Å². The number of alkyl halides is 3. The average Bonchev–Trinajstić information content (AvgIpc) is 2.40. The average molecular weight is 332 g/mol. The molecule has 0 unspecified atom stereocenters. The summed E-state index contributed by atoms with van der Waals surface area (Å²) in [5.74, 6) is -1.63. The number of carbonyl (C=O) groups is 2. The lowest BCUT2D eigenvalue weighted by Crippen LogP contribution is -2.51. The lowest BCUT2D eigenvalue weighted by molar-refractivity contribution is -0.180. The molecule has 4 fully saturated rings. The number of rotatable bonds is 3. The van der Waals surface area contributed by atoms with Gasteiger partial charge in [-0.3, -0.25) is 20.4 Å². The molecule has 130 valence electrons. The maximum absolute atomic E-state index is 12.4. The first kappa shape index (κ1) is 16.6. The smallest absolute Gasteiger partial charge is 0.273 e. The molecular formula is C16H23F3N2O2. The summed E-state index contributed by atoms with van der Waals surface area (Å²) < 4.78 is 37.3. The van der Waals surface area contributed by atoms with Crippen molar-refractivity contribution in [2.45, 2.75) is 58.0 Å². The fourth-order valence-corrected chi connectivity index (χ4v) is 5.28. The largest absolute Gasteiger partial charge is 0.400 e. The first-order valence-electron chi connectivity index (χ1n) is 8.32. The van der Waals surface area contributed by atoms with Gasteiger partial charge in [-0.15, -0.1) is 0 Å². The fraction of sp³-hybridized carbons (Fsp3) is 0.875. The van der Waals surface area contributed by atoms with Crippen molar-refractivity contribution in [2.24, 2.45) is 29.1 Å². The number of hydrogen-bond acceptors (Lipinski definition) is 2. The van der Waals surface area contributed by atoms with Crippen LogP contribution >= 0.6 is 0 Å². The molecule has 4 saturated carbocycles. The van der Waals surface area contributed by atoms with Crippen LogP contribution in [-0.4, -0.2) is 18.0 Å². The Morgan fingerprint density at radius 1 is 1.04 bits per heavy atom. The third-order valence-corrected chi connectivity index (χ3v) is 5.91. The maximum Gasteiger partial charge on any atom is 0.400 e. The highest BCUT2D eigenvalue weighted by Crippen LogP contribution is 2.61. The first-order chi connectivity index (χ1) is 10.7. The van der Waals surface area contributed by atoms with Gasteiger partial charge in [-0.1, -0.05) is 0 Å². The zero-order chi connectivity index (χ0) is 16.8. The van der Waals surface area contributed by atoms with Gasteiger partial charge < -0.3 is 0 Å². The Morgan fingerprint density at radius 2 is 1.52 bits per heavy atom. The summed E-state index contributed by atoms with van der Waals surface area (Å²) >= 11 is 0. The summed E-state index contributed by atoms with van der Waals surface area (Å²) in [6, 6.07) is 0. The molecule has 0 aromatic rings. The standard InChI is InChI=1S/C16H23F3N2O2/c1-9(16(17,18)19)14(23)21-20-13(22)8-15-5-10-2-11(6-15)4-12(3-10)7-15/h9-12H,2-8H2,1H3,(H,20,22)(H,21,23)/t9-,10?,11?,12?,15?/m0/s1. The zero-order valence-electron chi connectivity index (χ0n) is 13.2. The molecule has 0 aliphatic heterocycles. The van der Waals surface area contributed by atoms with Crippen molar-refractivity contribution in [3.8, 4) is 0 Å². The van der Waals surface area contributed by atoms with E-state index in [0.717, 1.165) is 26.2 Å². The quantitative estimate of drug-likeness (QED) is 0.781. The molecule has 0 aromatic heterocycles. The van der Waals surface area contributed by atoms with Crippen LogP contribution in [0.5, 0.6) is 0 Å². The van der Waals surface area contributed by atoms with Gasteiger partial charge >= 0.3 is 6.18 Å². The summed E-state index contributed by atoms with van der Waals surface area (Å²) in [4.78, 5) is 23.5. The Hall–Kier alpha value is -1.27. The minimum absolute atomic E-state index is 0.000790. The molecular weight excluding hydrogens is 309 g/mol. The summed E-state index contributed by atoms with van der Waals surface area (Å²) in [5.41, 5.74) is 4.08. The lowest BCUT2D eigenvalue weighted by atomic mass is 9.49. The second kappa shape index (κ2) is 5.67. The Labute approximate surface area is 133 Å². The highest BCUT2D eigenvalue weighted by molar-refractivity contribution is 5.83. The number of halogens is 3. The summed E-state index contributed by atoms with van der Waals surface area (Å²) in [6.07, 6.45) is 2.62. The van der Waals surface area contributed by atoms with Crippen LogP contribution < -0.4 is 10.9 Å². The van der Waals surface area contributed by atoms with Crippen LogP contribution in [0.4, 0.5) is 13.2 Å².